The Balaban J connectivity index is 1.32. The first kappa shape index (κ1) is 17.3. The van der Waals surface area contributed by atoms with Gasteiger partial charge in [0.25, 0.3) is 0 Å². The minimum Gasteiger partial charge on any atom is -0.361 e. The van der Waals surface area contributed by atoms with Crippen LogP contribution >= 0.6 is 0 Å². The minimum absolute atomic E-state index is 0.0396. The predicted molar refractivity (Wildman–Crippen MR) is 114 cm³/mol. The molecule has 5 aromatic rings. The first-order valence-electron chi connectivity index (χ1n) is 10.4. The summed E-state index contributed by atoms with van der Waals surface area (Å²) >= 11 is 0. The molecule has 7 nitrogen and oxygen atoms in total. The quantitative estimate of drug-likeness (QED) is 0.463. The summed E-state index contributed by atoms with van der Waals surface area (Å²) in [6.45, 7) is 0. The Morgan fingerprint density at radius 1 is 1.10 bits per heavy atom. The number of para-hydroxylation sites is 1. The lowest BCUT2D eigenvalue weighted by atomic mass is 10.1. The number of fused-ring (bicyclic) bond motifs is 2. The zero-order valence-corrected chi connectivity index (χ0v) is 16.4. The molecule has 2 aromatic carbocycles. The first-order chi connectivity index (χ1) is 14.8. The van der Waals surface area contributed by atoms with Gasteiger partial charge in [-0.3, -0.25) is 4.57 Å². The predicted octanol–water partition coefficient (Wildman–Crippen LogP) is 4.57. The number of nitrogens with one attached hydrogen (secondary N) is 2. The summed E-state index contributed by atoms with van der Waals surface area (Å²) in [5.74, 6) is 1.09. The maximum Gasteiger partial charge on any atom is 0.326 e. The van der Waals surface area contributed by atoms with E-state index < -0.39 is 0 Å². The molecule has 3 aromatic heterocycles. The third-order valence-corrected chi connectivity index (χ3v) is 6.15. The Morgan fingerprint density at radius 2 is 1.97 bits per heavy atom. The topological polar surface area (TPSA) is 92.5 Å². The first-order valence-corrected chi connectivity index (χ1v) is 10.4. The number of benzene rings is 2. The van der Waals surface area contributed by atoms with E-state index in [1.165, 1.54) is 12.8 Å². The van der Waals surface area contributed by atoms with Gasteiger partial charge in [-0.25, -0.2) is 4.79 Å². The Hall–Kier alpha value is -3.61. The van der Waals surface area contributed by atoms with Crippen LogP contribution in [0.4, 0.5) is 0 Å². The average Bonchev–Trinajstić information content (AvgIpc) is 3.54. The van der Waals surface area contributed by atoms with Crippen molar-refractivity contribution in [2.75, 3.05) is 0 Å². The van der Waals surface area contributed by atoms with Crippen molar-refractivity contribution in [2.45, 2.75) is 38.1 Å². The second kappa shape index (κ2) is 6.73. The second-order valence-electron chi connectivity index (χ2n) is 8.02. The van der Waals surface area contributed by atoms with Crippen molar-refractivity contribution in [3.05, 3.63) is 70.6 Å². The lowest BCUT2D eigenvalue weighted by Gasteiger charge is -2.11. The van der Waals surface area contributed by atoms with Gasteiger partial charge in [0.1, 0.15) is 0 Å². The largest absolute Gasteiger partial charge is 0.361 e. The Bertz CT molecular complexity index is 1410. The van der Waals surface area contributed by atoms with Crippen molar-refractivity contribution < 1.29 is 4.52 Å². The molecule has 0 saturated heterocycles. The molecule has 1 fully saturated rings. The van der Waals surface area contributed by atoms with Gasteiger partial charge in [0.15, 0.2) is 0 Å². The molecule has 3 heterocycles. The van der Waals surface area contributed by atoms with Crippen molar-refractivity contribution in [3.8, 4) is 11.4 Å². The molecule has 0 radical (unpaired) electrons. The SMILES string of the molecule is O=c1[nH]c2cc(-c3noc(Cc4c[nH]c5ccccc45)n3)ccc2n1C1CCCC1. The Morgan fingerprint density at radius 3 is 2.87 bits per heavy atom. The normalized spacial score (nSPS) is 14.9. The molecule has 1 aliphatic rings. The fraction of sp³-hybridized carbons (Fsp3) is 0.261. The van der Waals surface area contributed by atoms with Gasteiger partial charge in [-0.1, -0.05) is 36.2 Å². The summed E-state index contributed by atoms with van der Waals surface area (Å²) in [7, 11) is 0. The zero-order valence-electron chi connectivity index (χ0n) is 16.4. The van der Waals surface area contributed by atoms with E-state index in [2.05, 4.69) is 26.2 Å². The second-order valence-corrected chi connectivity index (χ2v) is 8.02. The molecule has 0 unspecified atom stereocenters. The number of H-pyrrole nitrogens is 2. The number of hydrogen-bond acceptors (Lipinski definition) is 4. The van der Waals surface area contributed by atoms with Gasteiger partial charge in [-0.2, -0.15) is 4.98 Å². The molecule has 0 aliphatic heterocycles. The molecule has 150 valence electrons. The minimum atomic E-state index is -0.0396. The van der Waals surface area contributed by atoms with Crippen LogP contribution < -0.4 is 5.69 Å². The number of aromatic amines is 2. The molecule has 2 N–H and O–H groups in total. The van der Waals surface area contributed by atoms with Gasteiger partial charge in [0.2, 0.25) is 11.7 Å². The fourth-order valence-electron chi connectivity index (χ4n) is 4.68. The van der Waals surface area contributed by atoms with Crippen LogP contribution in [0.2, 0.25) is 0 Å². The van der Waals surface area contributed by atoms with E-state index >= 15 is 0 Å². The number of nitrogens with zero attached hydrogens (tertiary/aromatic N) is 3. The van der Waals surface area contributed by atoms with Crippen LogP contribution in [-0.2, 0) is 6.42 Å². The Labute approximate surface area is 171 Å². The maximum absolute atomic E-state index is 12.5. The van der Waals surface area contributed by atoms with E-state index in [0.29, 0.717) is 24.2 Å². The van der Waals surface area contributed by atoms with Gasteiger partial charge in [0, 0.05) is 28.7 Å². The summed E-state index contributed by atoms with van der Waals surface area (Å²) in [4.78, 5) is 23.4. The van der Waals surface area contributed by atoms with E-state index in [9.17, 15) is 4.79 Å². The van der Waals surface area contributed by atoms with Crippen molar-refractivity contribution in [3.63, 3.8) is 0 Å². The summed E-state index contributed by atoms with van der Waals surface area (Å²) in [6.07, 6.45) is 7.05. The highest BCUT2D eigenvalue weighted by Crippen LogP contribution is 2.31. The summed E-state index contributed by atoms with van der Waals surface area (Å²) in [6, 6.07) is 14.3. The molecule has 0 spiro atoms. The van der Waals surface area contributed by atoms with Gasteiger partial charge >= 0.3 is 5.69 Å². The smallest absolute Gasteiger partial charge is 0.326 e. The maximum atomic E-state index is 12.5. The number of aromatic nitrogens is 5. The van der Waals surface area contributed by atoms with Crippen molar-refractivity contribution in [2.24, 2.45) is 0 Å². The van der Waals surface area contributed by atoms with E-state index in [-0.39, 0.29) is 5.69 Å². The van der Waals surface area contributed by atoms with Crippen LogP contribution in [0.25, 0.3) is 33.3 Å². The standard InChI is InChI=1S/C23H21N5O2/c29-23-25-19-11-14(9-10-20(19)28(23)16-5-1-2-6-16)22-26-21(30-27-22)12-15-13-24-18-8-4-3-7-17(15)18/h3-4,7-11,13,16,24H,1-2,5-6,12H2,(H,25,29). The molecule has 1 aliphatic carbocycles. The zero-order chi connectivity index (χ0) is 20.1. The van der Waals surface area contributed by atoms with Crippen molar-refractivity contribution in [1.82, 2.24) is 24.7 Å². The lowest BCUT2D eigenvalue weighted by molar-refractivity contribution is 0.386. The lowest BCUT2D eigenvalue weighted by Crippen LogP contribution is -2.20. The summed E-state index contributed by atoms with van der Waals surface area (Å²) < 4.78 is 7.42. The molecule has 0 amide bonds. The average molecular weight is 399 g/mol. The highest BCUT2D eigenvalue weighted by molar-refractivity contribution is 5.83. The summed E-state index contributed by atoms with van der Waals surface area (Å²) in [5.41, 5.74) is 4.76. The third-order valence-electron chi connectivity index (χ3n) is 6.15. The molecule has 30 heavy (non-hydrogen) atoms. The van der Waals surface area contributed by atoms with Gasteiger partial charge in [-0.05, 0) is 42.7 Å². The molecule has 0 bridgehead atoms. The van der Waals surface area contributed by atoms with Crippen LogP contribution in [0, 0.1) is 0 Å². The number of rotatable bonds is 4. The number of imidazole rings is 1. The third kappa shape index (κ3) is 2.77. The van der Waals surface area contributed by atoms with Crippen LogP contribution in [0.5, 0.6) is 0 Å². The Kier molecular flexibility index (Phi) is 3.87. The molecule has 0 atom stereocenters. The van der Waals surface area contributed by atoms with E-state index in [4.69, 9.17) is 4.52 Å². The van der Waals surface area contributed by atoms with Crippen LogP contribution in [-0.4, -0.2) is 24.7 Å². The molecular weight excluding hydrogens is 378 g/mol. The van der Waals surface area contributed by atoms with Gasteiger partial charge < -0.3 is 14.5 Å². The van der Waals surface area contributed by atoms with Gasteiger partial charge in [-0.15, -0.1) is 0 Å². The molecule has 1 saturated carbocycles. The van der Waals surface area contributed by atoms with E-state index in [1.807, 2.05) is 47.2 Å². The van der Waals surface area contributed by atoms with E-state index in [1.54, 1.807) is 0 Å². The van der Waals surface area contributed by atoms with Crippen molar-refractivity contribution >= 4 is 21.9 Å². The van der Waals surface area contributed by atoms with Gasteiger partial charge in [0.05, 0.1) is 17.5 Å². The highest BCUT2D eigenvalue weighted by atomic mass is 16.5. The molecule has 6 rings (SSSR count). The van der Waals surface area contributed by atoms with E-state index in [0.717, 1.165) is 45.9 Å². The van der Waals surface area contributed by atoms with Crippen molar-refractivity contribution in [1.29, 1.82) is 0 Å². The summed E-state index contributed by atoms with van der Waals surface area (Å²) in [5, 5.41) is 5.32. The van der Waals surface area contributed by atoms with Crippen LogP contribution in [0.15, 0.2) is 58.0 Å². The highest BCUT2D eigenvalue weighted by Gasteiger charge is 2.21. The van der Waals surface area contributed by atoms with Crippen LogP contribution in [0.3, 0.4) is 0 Å². The number of hydrogen-bond donors (Lipinski definition) is 2. The molecular formula is C23H21N5O2. The fourth-order valence-corrected chi connectivity index (χ4v) is 4.68. The molecule has 7 heteroatoms. The van der Waals surface area contributed by atoms with Crippen LogP contribution in [0.1, 0.15) is 43.2 Å². The monoisotopic (exact) mass is 399 g/mol.